The minimum atomic E-state index is -3.14. The molecular formula is C20H29N5O3S. The highest BCUT2D eigenvalue weighted by molar-refractivity contribution is 7.89. The Hall–Kier alpha value is -2.00. The molecule has 3 heterocycles. The van der Waals surface area contributed by atoms with Gasteiger partial charge in [-0.15, -0.1) is 0 Å². The zero-order valence-corrected chi connectivity index (χ0v) is 17.9. The molecule has 29 heavy (non-hydrogen) atoms. The summed E-state index contributed by atoms with van der Waals surface area (Å²) in [4.78, 5) is 21.8. The van der Waals surface area contributed by atoms with Crippen molar-refractivity contribution in [2.75, 3.05) is 24.2 Å². The maximum Gasteiger partial charge on any atom is 0.252 e. The van der Waals surface area contributed by atoms with Crippen LogP contribution in [0.3, 0.4) is 0 Å². The van der Waals surface area contributed by atoms with Crippen molar-refractivity contribution in [1.29, 1.82) is 0 Å². The van der Waals surface area contributed by atoms with E-state index in [-0.39, 0.29) is 23.4 Å². The molecule has 2 fully saturated rings. The lowest BCUT2D eigenvalue weighted by Crippen LogP contribution is -2.43. The summed E-state index contributed by atoms with van der Waals surface area (Å²) >= 11 is 0. The van der Waals surface area contributed by atoms with Crippen LogP contribution < -0.4 is 10.9 Å². The molecule has 9 heteroatoms. The Balaban J connectivity index is 1.56. The van der Waals surface area contributed by atoms with Crippen molar-refractivity contribution in [1.82, 2.24) is 18.8 Å². The summed E-state index contributed by atoms with van der Waals surface area (Å²) in [5.74, 6) is 1.09. The monoisotopic (exact) mass is 419 g/mol. The molecule has 0 amide bonds. The van der Waals surface area contributed by atoms with Crippen molar-refractivity contribution >= 4 is 27.0 Å². The van der Waals surface area contributed by atoms with Crippen molar-refractivity contribution in [3.63, 3.8) is 0 Å². The second-order valence-corrected chi connectivity index (χ2v) is 10.5. The predicted octanol–water partition coefficient (Wildman–Crippen LogP) is 2.38. The third-order valence-electron chi connectivity index (χ3n) is 6.36. The van der Waals surface area contributed by atoms with Gasteiger partial charge in [-0.1, -0.05) is 13.3 Å². The average Bonchev–Trinajstić information content (AvgIpc) is 3.13. The first kappa shape index (κ1) is 20.3. The van der Waals surface area contributed by atoms with Gasteiger partial charge in [0, 0.05) is 42.8 Å². The number of piperidine rings is 1. The van der Waals surface area contributed by atoms with Gasteiger partial charge >= 0.3 is 0 Å². The Morgan fingerprint density at radius 3 is 2.59 bits per heavy atom. The van der Waals surface area contributed by atoms with Crippen LogP contribution >= 0.6 is 0 Å². The van der Waals surface area contributed by atoms with Crippen LogP contribution in [0.2, 0.25) is 0 Å². The van der Waals surface area contributed by atoms with Crippen LogP contribution in [0.5, 0.6) is 0 Å². The Morgan fingerprint density at radius 2 is 1.93 bits per heavy atom. The minimum absolute atomic E-state index is 0.0148. The molecule has 1 saturated carbocycles. The second kappa shape index (κ2) is 8.02. The molecule has 0 radical (unpaired) electrons. The number of sulfonamides is 1. The van der Waals surface area contributed by atoms with E-state index in [4.69, 9.17) is 4.98 Å². The topological polar surface area (TPSA) is 97.2 Å². The van der Waals surface area contributed by atoms with Crippen LogP contribution in [-0.2, 0) is 10.0 Å². The molecule has 0 spiro atoms. The quantitative estimate of drug-likeness (QED) is 0.799. The number of nitrogens with zero attached hydrogens (tertiary/aromatic N) is 4. The van der Waals surface area contributed by atoms with Gasteiger partial charge in [0.05, 0.1) is 5.75 Å². The molecule has 2 aliphatic rings. The molecule has 2 aromatic rings. The maximum atomic E-state index is 12.6. The molecule has 158 valence electrons. The van der Waals surface area contributed by atoms with Gasteiger partial charge in [0.25, 0.3) is 5.56 Å². The Bertz CT molecular complexity index is 1040. The van der Waals surface area contributed by atoms with Gasteiger partial charge in [-0.25, -0.2) is 17.7 Å². The van der Waals surface area contributed by atoms with E-state index in [0.717, 1.165) is 24.6 Å². The van der Waals surface area contributed by atoms with E-state index >= 15 is 0 Å². The number of pyridine rings is 1. The fourth-order valence-electron chi connectivity index (χ4n) is 4.58. The Morgan fingerprint density at radius 1 is 1.17 bits per heavy atom. The zero-order chi connectivity index (χ0) is 20.6. The highest BCUT2D eigenvalue weighted by atomic mass is 32.2. The smallest absolute Gasteiger partial charge is 0.252 e. The number of rotatable bonds is 5. The summed E-state index contributed by atoms with van der Waals surface area (Å²) in [5.41, 5.74) is 0.665. The third kappa shape index (κ3) is 4.02. The highest BCUT2D eigenvalue weighted by Gasteiger charge is 2.29. The van der Waals surface area contributed by atoms with Crippen molar-refractivity contribution < 1.29 is 8.42 Å². The van der Waals surface area contributed by atoms with Crippen LogP contribution in [0.1, 0.15) is 52.0 Å². The highest BCUT2D eigenvalue weighted by Crippen LogP contribution is 2.35. The van der Waals surface area contributed by atoms with Crippen LogP contribution in [0, 0.1) is 5.92 Å². The number of aromatic nitrogens is 3. The third-order valence-corrected chi connectivity index (χ3v) is 8.24. The minimum Gasteiger partial charge on any atom is -0.351 e. The first-order valence-corrected chi connectivity index (χ1v) is 12.1. The Kier molecular flexibility index (Phi) is 5.61. The summed E-state index contributed by atoms with van der Waals surface area (Å²) in [7, 11) is -3.14. The van der Waals surface area contributed by atoms with Gasteiger partial charge in [-0.05, 0) is 44.6 Å². The molecule has 8 nitrogen and oxygen atoms in total. The summed E-state index contributed by atoms with van der Waals surface area (Å²) in [5, 5.41) is 4.21. The van der Waals surface area contributed by atoms with E-state index in [1.54, 1.807) is 29.6 Å². The van der Waals surface area contributed by atoms with Gasteiger partial charge < -0.3 is 5.32 Å². The fraction of sp³-hybridized carbons (Fsp3) is 0.650. The van der Waals surface area contributed by atoms with E-state index in [2.05, 4.69) is 17.2 Å². The summed E-state index contributed by atoms with van der Waals surface area (Å²) in [6.45, 7) is 4.88. The second-order valence-electron chi connectivity index (χ2n) is 8.21. The molecule has 1 N–H and O–H groups in total. The lowest BCUT2D eigenvalue weighted by molar-refractivity contribution is 0.329. The number of fused-ring (bicyclic) bond motifs is 1. The molecule has 0 aromatic carbocycles. The number of hydrogen-bond acceptors (Lipinski definition) is 6. The van der Waals surface area contributed by atoms with Crippen LogP contribution in [0.25, 0.3) is 11.0 Å². The number of hydrogen-bond donors (Lipinski definition) is 1. The van der Waals surface area contributed by atoms with Gasteiger partial charge in [0.15, 0.2) is 0 Å². The van der Waals surface area contributed by atoms with Crippen LogP contribution in [-0.4, -0.2) is 52.1 Å². The van der Waals surface area contributed by atoms with Gasteiger partial charge in [-0.2, -0.15) is 4.98 Å². The number of anilines is 1. The fourth-order valence-corrected chi connectivity index (χ4v) is 5.71. The summed E-state index contributed by atoms with van der Waals surface area (Å²) in [6, 6.07) is 3.68. The largest absolute Gasteiger partial charge is 0.351 e. The molecule has 1 aliphatic carbocycles. The van der Waals surface area contributed by atoms with Gasteiger partial charge in [-0.3, -0.25) is 9.36 Å². The summed E-state index contributed by atoms with van der Waals surface area (Å²) in [6.07, 6.45) is 6.44. The van der Waals surface area contributed by atoms with Crippen molar-refractivity contribution in [2.24, 2.45) is 5.92 Å². The van der Waals surface area contributed by atoms with Crippen LogP contribution in [0.4, 0.5) is 5.95 Å². The molecule has 2 atom stereocenters. The molecule has 0 bridgehead atoms. The van der Waals surface area contributed by atoms with Crippen molar-refractivity contribution in [3.05, 3.63) is 28.7 Å². The SMILES string of the molecule is CCS(=O)(=O)N1CCC(Nc2ncc3ccc(=O)n([C@@H]4CCC[C@@H]4C)c3n2)CC1. The maximum absolute atomic E-state index is 12.6. The van der Waals surface area contributed by atoms with Crippen molar-refractivity contribution in [3.8, 4) is 0 Å². The lowest BCUT2D eigenvalue weighted by atomic mass is 10.1. The molecule has 2 aromatic heterocycles. The van der Waals surface area contributed by atoms with Gasteiger partial charge in [0.2, 0.25) is 16.0 Å². The molecule has 0 unspecified atom stereocenters. The van der Waals surface area contributed by atoms with Gasteiger partial charge in [0.1, 0.15) is 5.65 Å². The summed E-state index contributed by atoms with van der Waals surface area (Å²) < 4.78 is 27.5. The predicted molar refractivity (Wildman–Crippen MR) is 114 cm³/mol. The molecular weight excluding hydrogens is 390 g/mol. The molecule has 4 rings (SSSR count). The zero-order valence-electron chi connectivity index (χ0n) is 17.0. The van der Waals surface area contributed by atoms with E-state index in [1.807, 2.05) is 4.57 Å². The standard InChI is InChI=1S/C20H29N5O3S/c1-3-29(27,28)24-11-9-16(10-12-24)22-20-21-13-15-7-8-18(26)25(19(15)23-20)17-6-4-5-14(17)2/h7-8,13-14,16-17H,3-6,9-12H2,1-2H3,(H,21,22,23)/t14-,17+/m0/s1. The van der Waals surface area contributed by atoms with E-state index in [9.17, 15) is 13.2 Å². The molecule has 1 aliphatic heterocycles. The van der Waals surface area contributed by atoms with Crippen LogP contribution in [0.15, 0.2) is 23.1 Å². The Labute approximate surface area is 171 Å². The van der Waals surface area contributed by atoms with E-state index in [0.29, 0.717) is 43.4 Å². The van der Waals surface area contributed by atoms with E-state index in [1.165, 1.54) is 0 Å². The first-order chi connectivity index (χ1) is 13.9. The average molecular weight is 420 g/mol. The first-order valence-electron chi connectivity index (χ1n) is 10.5. The number of nitrogens with one attached hydrogen (secondary N) is 1. The lowest BCUT2D eigenvalue weighted by Gasteiger charge is -2.31. The normalized spacial score (nSPS) is 24.2. The molecule has 1 saturated heterocycles. The van der Waals surface area contributed by atoms with Crippen molar-refractivity contribution in [2.45, 2.75) is 58.0 Å². The van der Waals surface area contributed by atoms with E-state index < -0.39 is 10.0 Å².